The van der Waals surface area contributed by atoms with E-state index in [-0.39, 0.29) is 5.28 Å². The van der Waals surface area contributed by atoms with E-state index < -0.39 is 0 Å². The molecule has 102 valence electrons. The van der Waals surface area contributed by atoms with Gasteiger partial charge in [-0.25, -0.2) is 0 Å². The Morgan fingerprint density at radius 2 is 2.25 bits per heavy atom. The predicted octanol–water partition coefficient (Wildman–Crippen LogP) is 2.90. The maximum atomic E-state index is 5.90. The van der Waals surface area contributed by atoms with Crippen LogP contribution in [0.3, 0.4) is 0 Å². The SMILES string of the molecule is COCc1cccc(Nc2nc(Cl)nc3[nH]ncc23)c1. The molecule has 0 unspecified atom stereocenters. The van der Waals surface area contributed by atoms with E-state index in [9.17, 15) is 0 Å². The molecule has 0 saturated heterocycles. The summed E-state index contributed by atoms with van der Waals surface area (Å²) in [4.78, 5) is 8.26. The maximum Gasteiger partial charge on any atom is 0.226 e. The summed E-state index contributed by atoms with van der Waals surface area (Å²) in [6.45, 7) is 0.557. The Morgan fingerprint density at radius 3 is 3.10 bits per heavy atom. The number of hydrogen-bond acceptors (Lipinski definition) is 5. The number of ether oxygens (including phenoxy) is 1. The molecule has 20 heavy (non-hydrogen) atoms. The fourth-order valence-electron chi connectivity index (χ4n) is 1.95. The highest BCUT2D eigenvalue weighted by Gasteiger charge is 2.08. The molecule has 0 aliphatic rings. The monoisotopic (exact) mass is 289 g/mol. The normalized spacial score (nSPS) is 10.9. The number of fused-ring (bicyclic) bond motifs is 1. The van der Waals surface area contributed by atoms with E-state index in [1.165, 1.54) is 0 Å². The van der Waals surface area contributed by atoms with E-state index in [1.807, 2.05) is 24.3 Å². The number of aromatic amines is 1. The van der Waals surface area contributed by atoms with Crippen LogP contribution in [0.4, 0.5) is 11.5 Å². The molecule has 3 aromatic rings. The second kappa shape index (κ2) is 5.44. The Kier molecular flexibility index (Phi) is 3.49. The molecule has 2 N–H and O–H groups in total. The average molecular weight is 290 g/mol. The number of H-pyrrole nitrogens is 1. The van der Waals surface area contributed by atoms with Crippen molar-refractivity contribution in [1.29, 1.82) is 0 Å². The molecule has 0 bridgehead atoms. The van der Waals surface area contributed by atoms with Crippen LogP contribution in [0.25, 0.3) is 11.0 Å². The third-order valence-corrected chi connectivity index (χ3v) is 2.95. The fraction of sp³-hybridized carbons (Fsp3) is 0.154. The Bertz CT molecular complexity index is 742. The number of rotatable bonds is 4. The second-order valence-electron chi connectivity index (χ2n) is 4.23. The fourth-order valence-corrected chi connectivity index (χ4v) is 2.11. The molecule has 3 rings (SSSR count). The largest absolute Gasteiger partial charge is 0.380 e. The minimum atomic E-state index is 0.164. The van der Waals surface area contributed by atoms with E-state index in [4.69, 9.17) is 16.3 Å². The van der Waals surface area contributed by atoms with Crippen molar-refractivity contribution < 1.29 is 4.74 Å². The number of anilines is 2. The zero-order chi connectivity index (χ0) is 13.9. The molecular formula is C13H12ClN5O. The lowest BCUT2D eigenvalue weighted by molar-refractivity contribution is 0.185. The van der Waals surface area contributed by atoms with E-state index in [0.29, 0.717) is 18.1 Å². The molecule has 1 aromatic carbocycles. The second-order valence-corrected chi connectivity index (χ2v) is 4.57. The van der Waals surface area contributed by atoms with Gasteiger partial charge in [0.2, 0.25) is 5.28 Å². The van der Waals surface area contributed by atoms with Gasteiger partial charge in [-0.05, 0) is 29.3 Å². The maximum absolute atomic E-state index is 5.90. The summed E-state index contributed by atoms with van der Waals surface area (Å²) < 4.78 is 5.12. The van der Waals surface area contributed by atoms with Gasteiger partial charge in [-0.15, -0.1) is 0 Å². The molecular weight excluding hydrogens is 278 g/mol. The van der Waals surface area contributed by atoms with Crippen molar-refractivity contribution in [3.8, 4) is 0 Å². The third kappa shape index (κ3) is 2.56. The molecule has 2 aromatic heterocycles. The van der Waals surface area contributed by atoms with Crippen LogP contribution in [0.1, 0.15) is 5.56 Å². The van der Waals surface area contributed by atoms with Crippen molar-refractivity contribution in [1.82, 2.24) is 20.2 Å². The van der Waals surface area contributed by atoms with Crippen molar-refractivity contribution in [3.05, 3.63) is 41.3 Å². The molecule has 7 heteroatoms. The third-order valence-electron chi connectivity index (χ3n) is 2.78. The van der Waals surface area contributed by atoms with Crippen LogP contribution in [-0.2, 0) is 11.3 Å². The van der Waals surface area contributed by atoms with Gasteiger partial charge in [-0.1, -0.05) is 12.1 Å². The summed E-state index contributed by atoms with van der Waals surface area (Å²) in [5.41, 5.74) is 2.57. The first-order valence-electron chi connectivity index (χ1n) is 5.98. The van der Waals surface area contributed by atoms with Gasteiger partial charge in [0, 0.05) is 12.8 Å². The van der Waals surface area contributed by atoms with Crippen molar-refractivity contribution in [3.63, 3.8) is 0 Å². The van der Waals surface area contributed by atoms with Crippen molar-refractivity contribution in [2.75, 3.05) is 12.4 Å². The molecule has 0 atom stereocenters. The molecule has 0 spiro atoms. The summed E-state index contributed by atoms with van der Waals surface area (Å²) in [5, 5.41) is 10.9. The smallest absolute Gasteiger partial charge is 0.226 e. The minimum absolute atomic E-state index is 0.164. The van der Waals surface area contributed by atoms with Crippen LogP contribution in [0, 0.1) is 0 Å². The van der Waals surface area contributed by atoms with E-state index in [0.717, 1.165) is 16.6 Å². The standard InChI is InChI=1S/C13H12ClN5O/c1-20-7-8-3-2-4-9(5-8)16-11-10-6-15-19-12(10)18-13(14)17-11/h2-6H,7H2,1H3,(H2,15,16,17,18,19). The van der Waals surface area contributed by atoms with Gasteiger partial charge in [-0.3, -0.25) is 5.10 Å². The average Bonchev–Trinajstić information content (AvgIpc) is 2.87. The number of nitrogens with one attached hydrogen (secondary N) is 2. The quantitative estimate of drug-likeness (QED) is 0.722. The molecule has 0 amide bonds. The first-order valence-corrected chi connectivity index (χ1v) is 6.35. The van der Waals surface area contributed by atoms with Crippen molar-refractivity contribution >= 4 is 34.1 Å². The summed E-state index contributed by atoms with van der Waals surface area (Å²) in [6, 6.07) is 7.88. The topological polar surface area (TPSA) is 75.7 Å². The summed E-state index contributed by atoms with van der Waals surface area (Å²) in [5.74, 6) is 0.614. The van der Waals surface area contributed by atoms with Crippen LogP contribution < -0.4 is 5.32 Å². The number of benzene rings is 1. The number of hydrogen-bond donors (Lipinski definition) is 2. The zero-order valence-corrected chi connectivity index (χ0v) is 11.5. The highest BCUT2D eigenvalue weighted by Crippen LogP contribution is 2.24. The van der Waals surface area contributed by atoms with Crippen LogP contribution >= 0.6 is 11.6 Å². The van der Waals surface area contributed by atoms with Crippen LogP contribution in [0.2, 0.25) is 5.28 Å². The molecule has 0 saturated carbocycles. The van der Waals surface area contributed by atoms with E-state index in [2.05, 4.69) is 25.5 Å². The number of aromatic nitrogens is 4. The summed E-state index contributed by atoms with van der Waals surface area (Å²) in [7, 11) is 1.67. The Balaban J connectivity index is 1.96. The van der Waals surface area contributed by atoms with Crippen molar-refractivity contribution in [2.45, 2.75) is 6.61 Å². The lowest BCUT2D eigenvalue weighted by Gasteiger charge is -2.08. The zero-order valence-electron chi connectivity index (χ0n) is 10.7. The number of nitrogens with zero attached hydrogens (tertiary/aromatic N) is 3. The van der Waals surface area contributed by atoms with Crippen LogP contribution in [0.15, 0.2) is 30.5 Å². The van der Waals surface area contributed by atoms with Gasteiger partial charge in [-0.2, -0.15) is 15.1 Å². The van der Waals surface area contributed by atoms with Gasteiger partial charge in [0.1, 0.15) is 5.82 Å². The van der Waals surface area contributed by atoms with Gasteiger partial charge >= 0.3 is 0 Å². The molecule has 0 radical (unpaired) electrons. The lowest BCUT2D eigenvalue weighted by Crippen LogP contribution is -1.97. The number of methoxy groups -OCH3 is 1. The van der Waals surface area contributed by atoms with Crippen LogP contribution in [0.5, 0.6) is 0 Å². The molecule has 2 heterocycles. The molecule has 0 fully saturated rings. The highest BCUT2D eigenvalue weighted by atomic mass is 35.5. The first kappa shape index (κ1) is 12.8. The molecule has 0 aliphatic carbocycles. The van der Waals surface area contributed by atoms with E-state index >= 15 is 0 Å². The molecule has 0 aliphatic heterocycles. The predicted molar refractivity (Wildman–Crippen MR) is 77.1 cm³/mol. The van der Waals surface area contributed by atoms with Gasteiger partial charge in [0.25, 0.3) is 0 Å². The Hall–Kier alpha value is -2.18. The van der Waals surface area contributed by atoms with Gasteiger partial charge in [0.05, 0.1) is 18.2 Å². The first-order chi connectivity index (χ1) is 9.76. The summed E-state index contributed by atoms with van der Waals surface area (Å²) in [6.07, 6.45) is 1.66. The van der Waals surface area contributed by atoms with Gasteiger partial charge in [0.15, 0.2) is 5.65 Å². The van der Waals surface area contributed by atoms with E-state index in [1.54, 1.807) is 13.3 Å². The van der Waals surface area contributed by atoms with Gasteiger partial charge < -0.3 is 10.1 Å². The summed E-state index contributed by atoms with van der Waals surface area (Å²) >= 11 is 5.90. The highest BCUT2D eigenvalue weighted by molar-refractivity contribution is 6.28. The van der Waals surface area contributed by atoms with Crippen LogP contribution in [-0.4, -0.2) is 27.3 Å². The minimum Gasteiger partial charge on any atom is -0.380 e. The van der Waals surface area contributed by atoms with Crippen molar-refractivity contribution in [2.24, 2.45) is 0 Å². The number of halogens is 1. The Labute approximate surface area is 120 Å². The lowest BCUT2D eigenvalue weighted by atomic mass is 10.2. The Morgan fingerprint density at radius 1 is 1.35 bits per heavy atom. The molecule has 6 nitrogen and oxygen atoms in total.